The molecule has 6 aromatic carbocycles. The molecule has 2 N–H and O–H groups in total. The zero-order valence-electron chi connectivity index (χ0n) is 29.6. The van der Waals surface area contributed by atoms with E-state index in [2.05, 4.69) is 20.9 Å². The predicted molar refractivity (Wildman–Crippen MR) is 217 cm³/mol. The van der Waals surface area contributed by atoms with Crippen LogP contribution in [-0.4, -0.2) is 21.8 Å². The summed E-state index contributed by atoms with van der Waals surface area (Å²) in [5.41, 5.74) is 9.63. The van der Waals surface area contributed by atoms with Gasteiger partial charge in [0.15, 0.2) is 0 Å². The molecule has 54 heavy (non-hydrogen) atoms. The molecule has 2 amide bonds. The van der Waals surface area contributed by atoms with Gasteiger partial charge in [-0.3, -0.25) is 9.59 Å². The molecule has 0 saturated carbocycles. The molecular weight excluding hydrogens is 669 g/mol. The molecule has 0 aliphatic rings. The highest BCUT2D eigenvalue weighted by Crippen LogP contribution is 2.33. The van der Waals surface area contributed by atoms with E-state index >= 15 is 0 Å². The average Bonchev–Trinajstić information content (AvgIpc) is 3.20. The summed E-state index contributed by atoms with van der Waals surface area (Å²) in [4.78, 5) is 38.1. The number of rotatable bonds is 8. The Bertz CT molecular complexity index is 2740. The molecule has 2 aromatic heterocycles. The third-order valence-electron chi connectivity index (χ3n) is 9.08. The highest BCUT2D eigenvalue weighted by Gasteiger charge is 2.19. The summed E-state index contributed by atoms with van der Waals surface area (Å²) in [6.07, 6.45) is 0. The average molecular weight is 703 g/mol. The standard InChI is InChI=1S/C46H34N6O2/c1-29-12-10-14-31(24-29)42-27-37(35-18-6-8-20-39(35)48-42)45(53)47-34-22-23-41(52-51-33-16-4-3-5-17-33)44(26-34)50-46(54)38-28-43(32-15-11-13-30(2)25-32)49-40-21-9-7-19-36(38)40/h3-28H,1-2H3,(H,47,53)(H,50,54). The summed E-state index contributed by atoms with van der Waals surface area (Å²) in [7, 11) is 0. The number of carbonyl (C=O) groups excluding carboxylic acids is 2. The van der Waals surface area contributed by atoms with Crippen LogP contribution in [0.4, 0.5) is 22.7 Å². The lowest BCUT2D eigenvalue weighted by Crippen LogP contribution is -2.15. The lowest BCUT2D eigenvalue weighted by atomic mass is 10.0. The minimum absolute atomic E-state index is 0.318. The van der Waals surface area contributed by atoms with Crippen molar-refractivity contribution in [3.63, 3.8) is 0 Å². The first-order chi connectivity index (χ1) is 26.4. The van der Waals surface area contributed by atoms with Crippen LogP contribution in [0.5, 0.6) is 0 Å². The second-order valence-corrected chi connectivity index (χ2v) is 13.1. The molecular formula is C46H34N6O2. The van der Waals surface area contributed by atoms with Gasteiger partial charge in [-0.1, -0.05) is 102 Å². The van der Waals surface area contributed by atoms with Gasteiger partial charge in [0.25, 0.3) is 11.8 Å². The van der Waals surface area contributed by atoms with Gasteiger partial charge < -0.3 is 10.6 Å². The number of pyridine rings is 2. The van der Waals surface area contributed by atoms with E-state index in [0.717, 1.165) is 27.6 Å². The van der Waals surface area contributed by atoms with E-state index < -0.39 is 0 Å². The second-order valence-electron chi connectivity index (χ2n) is 13.1. The first kappa shape index (κ1) is 33.8. The van der Waals surface area contributed by atoms with Crippen molar-refractivity contribution in [2.75, 3.05) is 10.6 Å². The summed E-state index contributed by atoms with van der Waals surface area (Å²) >= 11 is 0. The zero-order valence-corrected chi connectivity index (χ0v) is 29.6. The Morgan fingerprint density at radius 1 is 0.500 bits per heavy atom. The van der Waals surface area contributed by atoms with E-state index in [0.29, 0.717) is 61.7 Å². The molecule has 2 heterocycles. The Balaban J connectivity index is 1.17. The first-order valence-corrected chi connectivity index (χ1v) is 17.6. The minimum atomic E-state index is -0.356. The largest absolute Gasteiger partial charge is 0.322 e. The molecule has 260 valence electrons. The Hall–Kier alpha value is -7.32. The maximum atomic E-state index is 14.3. The topological polar surface area (TPSA) is 109 Å². The van der Waals surface area contributed by atoms with Gasteiger partial charge in [0.05, 0.1) is 44.9 Å². The van der Waals surface area contributed by atoms with Gasteiger partial charge >= 0.3 is 0 Å². The number of fused-ring (bicyclic) bond motifs is 2. The maximum absolute atomic E-state index is 14.3. The number of aryl methyl sites for hydroxylation is 2. The number of hydrogen-bond donors (Lipinski definition) is 2. The van der Waals surface area contributed by atoms with Crippen LogP contribution < -0.4 is 10.6 Å². The Kier molecular flexibility index (Phi) is 9.22. The fourth-order valence-corrected chi connectivity index (χ4v) is 6.43. The van der Waals surface area contributed by atoms with Gasteiger partial charge in [-0.2, -0.15) is 5.11 Å². The number of aromatic nitrogens is 2. The van der Waals surface area contributed by atoms with Crippen molar-refractivity contribution < 1.29 is 9.59 Å². The minimum Gasteiger partial charge on any atom is -0.322 e. The molecule has 0 fully saturated rings. The summed E-state index contributed by atoms with van der Waals surface area (Å²) < 4.78 is 0. The van der Waals surface area contributed by atoms with Crippen LogP contribution in [0.3, 0.4) is 0 Å². The lowest BCUT2D eigenvalue weighted by Gasteiger charge is -2.14. The van der Waals surface area contributed by atoms with Crippen molar-refractivity contribution >= 4 is 56.4 Å². The number of carbonyl (C=O) groups is 2. The van der Waals surface area contributed by atoms with E-state index in [1.807, 2.05) is 153 Å². The van der Waals surface area contributed by atoms with Gasteiger partial charge in [0.2, 0.25) is 0 Å². The Labute approximate surface area is 312 Å². The normalized spacial score (nSPS) is 11.2. The number of anilines is 2. The van der Waals surface area contributed by atoms with Crippen molar-refractivity contribution in [1.29, 1.82) is 0 Å². The van der Waals surface area contributed by atoms with E-state index in [9.17, 15) is 9.59 Å². The van der Waals surface area contributed by atoms with Crippen molar-refractivity contribution in [3.05, 3.63) is 180 Å². The van der Waals surface area contributed by atoms with E-state index in [4.69, 9.17) is 9.97 Å². The third kappa shape index (κ3) is 7.22. The van der Waals surface area contributed by atoms with Gasteiger partial charge in [0.1, 0.15) is 5.69 Å². The molecule has 8 aromatic rings. The van der Waals surface area contributed by atoms with Gasteiger partial charge in [0, 0.05) is 27.6 Å². The first-order valence-electron chi connectivity index (χ1n) is 17.6. The monoisotopic (exact) mass is 702 g/mol. The smallest absolute Gasteiger partial charge is 0.256 e. The van der Waals surface area contributed by atoms with Crippen LogP contribution in [-0.2, 0) is 0 Å². The molecule has 8 nitrogen and oxygen atoms in total. The van der Waals surface area contributed by atoms with Crippen molar-refractivity contribution in [3.8, 4) is 22.5 Å². The quantitative estimate of drug-likeness (QED) is 0.154. The Morgan fingerprint density at radius 3 is 1.61 bits per heavy atom. The molecule has 8 rings (SSSR count). The SMILES string of the molecule is Cc1cccc(-c2cc(C(=O)Nc3ccc(N=Nc4ccccc4)c(NC(=O)c4cc(-c5cccc(C)c5)nc5ccccc45)c3)c3ccccc3n2)c1. The fourth-order valence-electron chi connectivity index (χ4n) is 6.43. The zero-order chi connectivity index (χ0) is 37.0. The van der Waals surface area contributed by atoms with E-state index in [-0.39, 0.29) is 11.8 Å². The fraction of sp³-hybridized carbons (Fsp3) is 0.0435. The maximum Gasteiger partial charge on any atom is 0.256 e. The highest BCUT2D eigenvalue weighted by atomic mass is 16.2. The molecule has 0 atom stereocenters. The van der Waals surface area contributed by atoms with Crippen LogP contribution >= 0.6 is 0 Å². The highest BCUT2D eigenvalue weighted by molar-refractivity contribution is 6.15. The van der Waals surface area contributed by atoms with Crippen molar-refractivity contribution in [1.82, 2.24) is 9.97 Å². The van der Waals surface area contributed by atoms with Crippen LogP contribution in [0.2, 0.25) is 0 Å². The van der Waals surface area contributed by atoms with E-state index in [1.54, 1.807) is 18.2 Å². The molecule has 8 heteroatoms. The molecule has 0 aliphatic carbocycles. The van der Waals surface area contributed by atoms with E-state index in [1.165, 1.54) is 0 Å². The summed E-state index contributed by atoms with van der Waals surface area (Å²) in [5, 5.41) is 16.5. The summed E-state index contributed by atoms with van der Waals surface area (Å²) in [5.74, 6) is -0.675. The van der Waals surface area contributed by atoms with Gasteiger partial charge in [-0.15, -0.1) is 5.11 Å². The number of hydrogen-bond acceptors (Lipinski definition) is 6. The molecule has 0 bridgehead atoms. The number of nitrogens with zero attached hydrogens (tertiary/aromatic N) is 4. The van der Waals surface area contributed by atoms with Gasteiger partial charge in [-0.25, -0.2) is 9.97 Å². The molecule has 0 aliphatic heterocycles. The number of azo groups is 1. The lowest BCUT2D eigenvalue weighted by molar-refractivity contribution is 0.102. The number of nitrogens with one attached hydrogen (secondary N) is 2. The second kappa shape index (κ2) is 14.7. The number of amides is 2. The van der Waals surface area contributed by atoms with Crippen LogP contribution in [0.25, 0.3) is 44.3 Å². The van der Waals surface area contributed by atoms with Crippen LogP contribution in [0.15, 0.2) is 168 Å². The molecule has 0 spiro atoms. The van der Waals surface area contributed by atoms with Crippen molar-refractivity contribution in [2.45, 2.75) is 13.8 Å². The molecule has 0 unspecified atom stereocenters. The summed E-state index contributed by atoms with van der Waals surface area (Å²) in [6, 6.07) is 49.4. The van der Waals surface area contributed by atoms with Crippen LogP contribution in [0.1, 0.15) is 31.8 Å². The predicted octanol–water partition coefficient (Wildman–Crippen LogP) is 11.7. The molecule has 0 radical (unpaired) electrons. The third-order valence-corrected chi connectivity index (χ3v) is 9.08. The molecule has 0 saturated heterocycles. The number of benzene rings is 6. The summed E-state index contributed by atoms with van der Waals surface area (Å²) in [6.45, 7) is 4.05. The number of para-hydroxylation sites is 2. The Morgan fingerprint density at radius 2 is 1.04 bits per heavy atom. The van der Waals surface area contributed by atoms with Crippen molar-refractivity contribution in [2.24, 2.45) is 10.2 Å². The van der Waals surface area contributed by atoms with Gasteiger partial charge in [-0.05, 0) is 80.6 Å². The van der Waals surface area contributed by atoms with Crippen LogP contribution in [0, 0.1) is 13.8 Å².